The second kappa shape index (κ2) is 15.6. The van der Waals surface area contributed by atoms with Gasteiger partial charge in [0.15, 0.2) is 0 Å². The highest BCUT2D eigenvalue weighted by molar-refractivity contribution is 7.92. The lowest BCUT2D eigenvalue weighted by atomic mass is 10.0. The Morgan fingerprint density at radius 1 is 0.778 bits per heavy atom. The number of para-hydroxylation sites is 1. The number of amides is 2. The topological polar surface area (TPSA) is 86.8 Å². The van der Waals surface area contributed by atoms with E-state index in [2.05, 4.69) is 5.32 Å². The Bertz CT molecular complexity index is 1700. The van der Waals surface area contributed by atoms with Gasteiger partial charge in [0, 0.05) is 34.6 Å². The fourth-order valence-electron chi connectivity index (χ4n) is 4.74. The fourth-order valence-corrected chi connectivity index (χ4v) is 6.99. The minimum atomic E-state index is -4.27. The first-order valence-corrected chi connectivity index (χ1v) is 17.0. The van der Waals surface area contributed by atoms with Crippen molar-refractivity contribution >= 4 is 62.3 Å². The Kier molecular flexibility index (Phi) is 11.9. The molecule has 0 heterocycles. The van der Waals surface area contributed by atoms with Gasteiger partial charge in [-0.05, 0) is 55.3 Å². The van der Waals surface area contributed by atoms with Crippen LogP contribution in [0.25, 0.3) is 0 Å². The van der Waals surface area contributed by atoms with Crippen LogP contribution in [0.1, 0.15) is 31.4 Å². The van der Waals surface area contributed by atoms with Gasteiger partial charge in [-0.25, -0.2) is 8.42 Å². The molecule has 7 nitrogen and oxygen atoms in total. The maximum Gasteiger partial charge on any atom is 0.264 e. The van der Waals surface area contributed by atoms with Gasteiger partial charge in [0.05, 0.1) is 15.6 Å². The van der Waals surface area contributed by atoms with E-state index in [0.717, 1.165) is 9.87 Å². The highest BCUT2D eigenvalue weighted by Gasteiger charge is 2.36. The van der Waals surface area contributed by atoms with Gasteiger partial charge in [-0.1, -0.05) is 108 Å². The first kappa shape index (κ1) is 34.3. The van der Waals surface area contributed by atoms with E-state index in [-0.39, 0.29) is 40.5 Å². The molecule has 0 aromatic heterocycles. The number of nitrogens with zero attached hydrogens (tertiary/aromatic N) is 2. The Balaban J connectivity index is 1.85. The fraction of sp³-hybridized carbons (Fsp3) is 0.235. The number of hydrogen-bond donors (Lipinski definition) is 1. The Labute approximate surface area is 279 Å². The van der Waals surface area contributed by atoms with E-state index in [4.69, 9.17) is 34.8 Å². The maximum atomic E-state index is 14.5. The molecule has 0 aliphatic carbocycles. The van der Waals surface area contributed by atoms with Crippen LogP contribution in [-0.4, -0.2) is 43.8 Å². The van der Waals surface area contributed by atoms with Gasteiger partial charge in [-0.3, -0.25) is 13.9 Å². The highest BCUT2D eigenvalue weighted by Crippen LogP contribution is 2.32. The molecule has 0 spiro atoms. The van der Waals surface area contributed by atoms with E-state index in [0.29, 0.717) is 22.0 Å². The van der Waals surface area contributed by atoms with Crippen molar-refractivity contribution in [1.29, 1.82) is 0 Å². The molecule has 0 saturated heterocycles. The van der Waals surface area contributed by atoms with Gasteiger partial charge in [-0.2, -0.15) is 0 Å². The summed E-state index contributed by atoms with van der Waals surface area (Å²) in [6, 6.07) is 27.2. The molecule has 11 heteroatoms. The van der Waals surface area contributed by atoms with Crippen LogP contribution in [-0.2, 0) is 32.6 Å². The van der Waals surface area contributed by atoms with E-state index in [1.807, 2.05) is 44.2 Å². The van der Waals surface area contributed by atoms with Crippen LogP contribution in [0.15, 0.2) is 108 Å². The second-order valence-corrected chi connectivity index (χ2v) is 13.6. The van der Waals surface area contributed by atoms with Crippen LogP contribution >= 0.6 is 34.8 Å². The van der Waals surface area contributed by atoms with Crippen molar-refractivity contribution in [3.8, 4) is 0 Å². The Hall–Kier alpha value is -3.56. The van der Waals surface area contributed by atoms with Gasteiger partial charge in [0.25, 0.3) is 10.0 Å². The third kappa shape index (κ3) is 8.58. The molecule has 0 bridgehead atoms. The zero-order valence-electron chi connectivity index (χ0n) is 24.9. The SMILES string of the molecule is CC[C@H](C)NC(=O)[C@H](Cc1ccccc1)N(Cc1c(Cl)cccc1Cl)C(=O)CN(c1ccccc1Cl)S(=O)(=O)c1ccccc1. The van der Waals surface area contributed by atoms with E-state index < -0.39 is 28.5 Å². The standard InChI is InChI=1S/C34H34Cl3N3O4S/c1-3-24(2)38-34(42)32(21-25-13-6-4-7-14-25)39(22-27-28(35)18-12-19-29(27)36)33(41)23-40(31-20-11-10-17-30(31)37)45(43,44)26-15-8-5-9-16-26/h4-20,24,32H,3,21-23H2,1-2H3,(H,38,42)/t24-,32-/m0/s1. The maximum absolute atomic E-state index is 14.5. The number of hydrogen-bond acceptors (Lipinski definition) is 4. The summed E-state index contributed by atoms with van der Waals surface area (Å²) in [6.07, 6.45) is 0.831. The third-order valence-corrected chi connectivity index (χ3v) is 10.2. The number of halogens is 3. The first-order chi connectivity index (χ1) is 21.5. The summed E-state index contributed by atoms with van der Waals surface area (Å²) in [4.78, 5) is 29.8. The van der Waals surface area contributed by atoms with Crippen LogP contribution in [0.2, 0.25) is 15.1 Å². The zero-order chi connectivity index (χ0) is 32.6. The lowest BCUT2D eigenvalue weighted by molar-refractivity contribution is -0.140. The number of anilines is 1. The van der Waals surface area contributed by atoms with Crippen molar-refractivity contribution < 1.29 is 18.0 Å². The molecule has 4 aromatic rings. The highest BCUT2D eigenvalue weighted by atomic mass is 35.5. The predicted octanol–water partition coefficient (Wildman–Crippen LogP) is 7.40. The summed E-state index contributed by atoms with van der Waals surface area (Å²) in [7, 11) is -4.27. The van der Waals surface area contributed by atoms with Crippen LogP contribution in [0.5, 0.6) is 0 Å². The second-order valence-electron chi connectivity index (χ2n) is 10.5. The molecule has 236 valence electrons. The molecule has 2 atom stereocenters. The summed E-state index contributed by atoms with van der Waals surface area (Å²) in [5.41, 5.74) is 1.36. The van der Waals surface area contributed by atoms with E-state index in [1.165, 1.54) is 23.1 Å². The summed E-state index contributed by atoms with van der Waals surface area (Å²) in [5, 5.41) is 3.75. The number of nitrogens with one attached hydrogen (secondary N) is 1. The van der Waals surface area contributed by atoms with Gasteiger partial charge in [0.2, 0.25) is 11.8 Å². The first-order valence-electron chi connectivity index (χ1n) is 14.4. The molecule has 1 N–H and O–H groups in total. The van der Waals surface area contributed by atoms with E-state index in [1.54, 1.807) is 54.6 Å². The van der Waals surface area contributed by atoms with Crippen LogP contribution in [0.4, 0.5) is 5.69 Å². The summed E-state index contributed by atoms with van der Waals surface area (Å²) in [5.74, 6) is -1.04. The average Bonchev–Trinajstić information content (AvgIpc) is 3.03. The summed E-state index contributed by atoms with van der Waals surface area (Å²) in [6.45, 7) is 3.02. The minimum absolute atomic E-state index is 0.0197. The lowest BCUT2D eigenvalue weighted by Crippen LogP contribution is -2.54. The average molecular weight is 687 g/mol. The van der Waals surface area contributed by atoms with Crippen molar-refractivity contribution in [2.75, 3.05) is 10.8 Å². The zero-order valence-corrected chi connectivity index (χ0v) is 28.0. The number of carbonyl (C=O) groups is 2. The third-order valence-electron chi connectivity index (χ3n) is 7.39. The number of sulfonamides is 1. The quantitative estimate of drug-likeness (QED) is 0.159. The van der Waals surface area contributed by atoms with Crippen molar-refractivity contribution in [2.24, 2.45) is 0 Å². The van der Waals surface area contributed by atoms with Crippen molar-refractivity contribution in [2.45, 2.75) is 50.2 Å². The van der Waals surface area contributed by atoms with E-state index >= 15 is 0 Å². The van der Waals surface area contributed by atoms with E-state index in [9.17, 15) is 18.0 Å². The predicted molar refractivity (Wildman–Crippen MR) is 181 cm³/mol. The van der Waals surface area contributed by atoms with Crippen molar-refractivity contribution in [1.82, 2.24) is 10.2 Å². The molecule has 0 unspecified atom stereocenters. The van der Waals surface area contributed by atoms with Crippen molar-refractivity contribution in [3.63, 3.8) is 0 Å². The minimum Gasteiger partial charge on any atom is -0.352 e. The monoisotopic (exact) mass is 685 g/mol. The molecule has 45 heavy (non-hydrogen) atoms. The van der Waals surface area contributed by atoms with Gasteiger partial charge < -0.3 is 10.2 Å². The van der Waals surface area contributed by atoms with Crippen LogP contribution in [0.3, 0.4) is 0 Å². The molecule has 2 amide bonds. The molecule has 0 radical (unpaired) electrons. The molecule has 0 aliphatic rings. The number of benzene rings is 4. The Morgan fingerprint density at radius 2 is 1.33 bits per heavy atom. The van der Waals surface area contributed by atoms with Crippen molar-refractivity contribution in [3.05, 3.63) is 129 Å². The van der Waals surface area contributed by atoms with Gasteiger partial charge in [-0.15, -0.1) is 0 Å². The normalized spacial score (nSPS) is 12.6. The van der Waals surface area contributed by atoms with Gasteiger partial charge >= 0.3 is 0 Å². The molecule has 0 aliphatic heterocycles. The number of rotatable bonds is 13. The molecular formula is C34H34Cl3N3O4S. The van der Waals surface area contributed by atoms with Gasteiger partial charge in [0.1, 0.15) is 12.6 Å². The summed E-state index contributed by atoms with van der Waals surface area (Å²) >= 11 is 19.6. The molecule has 4 rings (SSSR count). The summed E-state index contributed by atoms with van der Waals surface area (Å²) < 4.78 is 29.1. The lowest BCUT2D eigenvalue weighted by Gasteiger charge is -2.34. The van der Waals surface area contributed by atoms with Crippen LogP contribution < -0.4 is 9.62 Å². The van der Waals surface area contributed by atoms with Crippen LogP contribution in [0, 0.1) is 0 Å². The smallest absolute Gasteiger partial charge is 0.264 e. The molecule has 0 fully saturated rings. The molecule has 4 aromatic carbocycles. The Morgan fingerprint density at radius 3 is 1.93 bits per heavy atom. The number of carbonyl (C=O) groups excluding carboxylic acids is 2. The molecule has 0 saturated carbocycles. The molecular weight excluding hydrogens is 653 g/mol. The largest absolute Gasteiger partial charge is 0.352 e.